The first kappa shape index (κ1) is 13.0. The molecule has 0 saturated heterocycles. The Labute approximate surface area is 128 Å². The van der Waals surface area contributed by atoms with E-state index in [0.717, 1.165) is 47.1 Å². The van der Waals surface area contributed by atoms with Crippen molar-refractivity contribution < 1.29 is 0 Å². The Morgan fingerprint density at radius 2 is 2.14 bits per heavy atom. The highest BCUT2D eigenvalue weighted by Crippen LogP contribution is 2.34. The molecule has 0 fully saturated rings. The third-order valence-electron chi connectivity index (χ3n) is 4.30. The van der Waals surface area contributed by atoms with Crippen molar-refractivity contribution in [2.75, 3.05) is 24.2 Å². The molecule has 0 bridgehead atoms. The van der Waals surface area contributed by atoms with Crippen molar-refractivity contribution in [2.24, 2.45) is 0 Å². The molecule has 2 aliphatic rings. The van der Waals surface area contributed by atoms with Crippen LogP contribution in [-0.2, 0) is 17.9 Å². The standard InChI is InChI=1S/C16H18N4S/c1-20-6-2-3-10-7-11(4-5-14(10)20)16-18-13-9-21-8-12(13)15(17)19-16/h4-5,7H,2-3,6,8-9H2,1H3,(H2,17,18,19). The number of nitrogens with two attached hydrogens (primary N) is 1. The maximum Gasteiger partial charge on any atom is 0.161 e. The molecule has 0 atom stereocenters. The van der Waals surface area contributed by atoms with Gasteiger partial charge in [0.2, 0.25) is 0 Å². The van der Waals surface area contributed by atoms with E-state index in [1.165, 1.54) is 17.7 Å². The SMILES string of the molecule is CN1CCCc2cc(-c3nc(N)c4c(n3)CSC4)ccc21. The number of anilines is 2. The molecule has 0 unspecified atom stereocenters. The van der Waals surface area contributed by atoms with E-state index in [9.17, 15) is 0 Å². The first-order valence-corrected chi connectivity index (χ1v) is 8.45. The lowest BCUT2D eigenvalue weighted by Crippen LogP contribution is -2.24. The van der Waals surface area contributed by atoms with Gasteiger partial charge in [-0.25, -0.2) is 9.97 Å². The molecular formula is C16H18N4S. The van der Waals surface area contributed by atoms with Crippen molar-refractivity contribution >= 4 is 23.3 Å². The predicted octanol–water partition coefficient (Wildman–Crippen LogP) is 2.86. The highest BCUT2D eigenvalue weighted by atomic mass is 32.2. The van der Waals surface area contributed by atoms with Gasteiger partial charge in [0.1, 0.15) is 5.82 Å². The van der Waals surface area contributed by atoms with Crippen molar-refractivity contribution in [3.05, 3.63) is 35.0 Å². The number of rotatable bonds is 1. The summed E-state index contributed by atoms with van der Waals surface area (Å²) in [6.45, 7) is 1.13. The van der Waals surface area contributed by atoms with E-state index in [1.807, 2.05) is 11.8 Å². The van der Waals surface area contributed by atoms with Gasteiger partial charge in [0.25, 0.3) is 0 Å². The summed E-state index contributed by atoms with van der Waals surface area (Å²) < 4.78 is 0. The van der Waals surface area contributed by atoms with Gasteiger partial charge in [-0.1, -0.05) is 0 Å². The van der Waals surface area contributed by atoms with Crippen LogP contribution in [0.5, 0.6) is 0 Å². The first-order valence-electron chi connectivity index (χ1n) is 7.30. The second-order valence-electron chi connectivity index (χ2n) is 5.72. The van der Waals surface area contributed by atoms with Crippen molar-refractivity contribution in [2.45, 2.75) is 24.3 Å². The monoisotopic (exact) mass is 298 g/mol. The molecular weight excluding hydrogens is 280 g/mol. The third kappa shape index (κ3) is 2.16. The van der Waals surface area contributed by atoms with Crippen LogP contribution in [0.1, 0.15) is 23.2 Å². The lowest BCUT2D eigenvalue weighted by atomic mass is 9.99. The summed E-state index contributed by atoms with van der Waals surface area (Å²) in [5.41, 5.74) is 12.1. The highest BCUT2D eigenvalue weighted by molar-refractivity contribution is 7.98. The minimum Gasteiger partial charge on any atom is -0.383 e. The van der Waals surface area contributed by atoms with Crippen LogP contribution in [0.25, 0.3) is 11.4 Å². The average molecular weight is 298 g/mol. The van der Waals surface area contributed by atoms with Gasteiger partial charge in [0.05, 0.1) is 5.69 Å². The van der Waals surface area contributed by atoms with Crippen molar-refractivity contribution in [1.29, 1.82) is 0 Å². The van der Waals surface area contributed by atoms with E-state index in [0.29, 0.717) is 5.82 Å². The zero-order valence-corrected chi connectivity index (χ0v) is 12.9. The van der Waals surface area contributed by atoms with Gasteiger partial charge in [-0.2, -0.15) is 11.8 Å². The molecule has 4 nitrogen and oxygen atoms in total. The summed E-state index contributed by atoms with van der Waals surface area (Å²) in [6.07, 6.45) is 2.33. The molecule has 0 saturated carbocycles. The number of nitrogens with zero attached hydrogens (tertiary/aromatic N) is 3. The number of thioether (sulfide) groups is 1. The van der Waals surface area contributed by atoms with Crippen LogP contribution >= 0.6 is 11.8 Å². The zero-order chi connectivity index (χ0) is 14.4. The second-order valence-corrected chi connectivity index (χ2v) is 6.70. The van der Waals surface area contributed by atoms with E-state index in [1.54, 1.807) is 0 Å². The maximum absolute atomic E-state index is 6.10. The van der Waals surface area contributed by atoms with Crippen LogP contribution in [0.3, 0.4) is 0 Å². The Morgan fingerprint density at radius 3 is 3.05 bits per heavy atom. The number of hydrogen-bond donors (Lipinski definition) is 1. The van der Waals surface area contributed by atoms with Gasteiger partial charge in [0.15, 0.2) is 5.82 Å². The number of fused-ring (bicyclic) bond motifs is 2. The van der Waals surface area contributed by atoms with Crippen LogP contribution in [0.4, 0.5) is 11.5 Å². The topological polar surface area (TPSA) is 55.0 Å². The zero-order valence-electron chi connectivity index (χ0n) is 12.1. The number of benzene rings is 1. The van der Waals surface area contributed by atoms with Gasteiger partial charge < -0.3 is 10.6 Å². The van der Waals surface area contributed by atoms with Crippen LogP contribution in [0, 0.1) is 0 Å². The summed E-state index contributed by atoms with van der Waals surface area (Å²) in [5, 5.41) is 0. The molecule has 1 aromatic heterocycles. The normalized spacial score (nSPS) is 16.7. The fourth-order valence-electron chi connectivity index (χ4n) is 3.13. The number of nitrogen functional groups attached to an aromatic ring is 1. The van der Waals surface area contributed by atoms with E-state index in [-0.39, 0.29) is 0 Å². The van der Waals surface area contributed by atoms with Gasteiger partial charge in [-0.05, 0) is 36.6 Å². The van der Waals surface area contributed by atoms with Crippen molar-refractivity contribution in [3.63, 3.8) is 0 Å². The Hall–Kier alpha value is -1.75. The molecule has 2 aliphatic heterocycles. The first-order chi connectivity index (χ1) is 10.2. The Kier molecular flexibility index (Phi) is 3.03. The van der Waals surface area contributed by atoms with E-state index >= 15 is 0 Å². The molecule has 21 heavy (non-hydrogen) atoms. The Morgan fingerprint density at radius 1 is 1.24 bits per heavy atom. The molecule has 5 heteroatoms. The lowest BCUT2D eigenvalue weighted by molar-refractivity contribution is 0.744. The molecule has 2 aromatic rings. The number of aryl methyl sites for hydroxylation is 1. The molecule has 108 valence electrons. The highest BCUT2D eigenvalue weighted by Gasteiger charge is 2.20. The lowest BCUT2D eigenvalue weighted by Gasteiger charge is -2.27. The largest absolute Gasteiger partial charge is 0.383 e. The quantitative estimate of drug-likeness (QED) is 0.877. The van der Waals surface area contributed by atoms with Gasteiger partial charge in [-0.15, -0.1) is 0 Å². The summed E-state index contributed by atoms with van der Waals surface area (Å²) in [6, 6.07) is 6.53. The minimum atomic E-state index is 0.648. The van der Waals surface area contributed by atoms with E-state index < -0.39 is 0 Å². The summed E-state index contributed by atoms with van der Waals surface area (Å²) in [5.74, 6) is 3.30. The molecule has 0 amide bonds. The van der Waals surface area contributed by atoms with Gasteiger partial charge >= 0.3 is 0 Å². The molecule has 2 N–H and O–H groups in total. The summed E-state index contributed by atoms with van der Waals surface area (Å²) >= 11 is 1.85. The molecule has 0 radical (unpaired) electrons. The molecule has 3 heterocycles. The fraction of sp³-hybridized carbons (Fsp3) is 0.375. The van der Waals surface area contributed by atoms with Crippen LogP contribution < -0.4 is 10.6 Å². The molecule has 0 aliphatic carbocycles. The van der Waals surface area contributed by atoms with Crippen molar-refractivity contribution in [3.8, 4) is 11.4 Å². The van der Waals surface area contributed by atoms with E-state index in [4.69, 9.17) is 10.7 Å². The predicted molar refractivity (Wildman–Crippen MR) is 88.5 cm³/mol. The number of hydrogen-bond acceptors (Lipinski definition) is 5. The third-order valence-corrected chi connectivity index (χ3v) is 5.27. The molecule has 1 aromatic carbocycles. The maximum atomic E-state index is 6.10. The molecule has 4 rings (SSSR count). The molecule has 0 spiro atoms. The number of aromatic nitrogens is 2. The fourth-order valence-corrected chi connectivity index (χ4v) is 4.18. The minimum absolute atomic E-state index is 0.648. The smallest absolute Gasteiger partial charge is 0.161 e. The van der Waals surface area contributed by atoms with Crippen LogP contribution in [-0.4, -0.2) is 23.6 Å². The van der Waals surface area contributed by atoms with Crippen LogP contribution in [0.15, 0.2) is 18.2 Å². The van der Waals surface area contributed by atoms with Crippen LogP contribution in [0.2, 0.25) is 0 Å². The van der Waals surface area contributed by atoms with Gasteiger partial charge in [-0.3, -0.25) is 0 Å². The Balaban J connectivity index is 1.79. The Bertz CT molecular complexity index is 714. The summed E-state index contributed by atoms with van der Waals surface area (Å²) in [7, 11) is 2.15. The van der Waals surface area contributed by atoms with E-state index in [2.05, 4.69) is 35.1 Å². The second kappa shape index (κ2) is 4.91. The van der Waals surface area contributed by atoms with Crippen molar-refractivity contribution in [1.82, 2.24) is 9.97 Å². The summed E-state index contributed by atoms with van der Waals surface area (Å²) in [4.78, 5) is 11.6. The average Bonchev–Trinajstić information content (AvgIpc) is 2.96. The van der Waals surface area contributed by atoms with Gasteiger partial charge in [0, 0.05) is 41.9 Å².